The van der Waals surface area contributed by atoms with Crippen LogP contribution in [0, 0.1) is 0 Å². The topological polar surface area (TPSA) is 59.3 Å². The first-order valence-corrected chi connectivity index (χ1v) is 4.60. The molecule has 0 aromatic carbocycles. The molecular formula is C10H13NO3. The summed E-state index contributed by atoms with van der Waals surface area (Å²) in [4.78, 5) is 21.7. The van der Waals surface area contributed by atoms with Gasteiger partial charge < -0.3 is 9.73 Å². The molecule has 0 aliphatic carbocycles. The lowest BCUT2D eigenvalue weighted by atomic mass is 10.2. The zero-order chi connectivity index (χ0) is 10.4. The average molecular weight is 195 g/mol. The molecule has 1 amide bonds. The van der Waals surface area contributed by atoms with Crippen molar-refractivity contribution in [1.29, 1.82) is 0 Å². The highest BCUT2D eigenvalue weighted by Gasteiger charge is 2.07. The summed E-state index contributed by atoms with van der Waals surface area (Å²) in [6.45, 7) is 2.02. The molecule has 1 aromatic heterocycles. The van der Waals surface area contributed by atoms with Crippen LogP contribution in [-0.2, 0) is 4.79 Å². The van der Waals surface area contributed by atoms with Crippen LogP contribution in [0.4, 0.5) is 5.69 Å². The molecule has 0 unspecified atom stereocenters. The van der Waals surface area contributed by atoms with Crippen molar-refractivity contribution in [2.24, 2.45) is 0 Å². The van der Waals surface area contributed by atoms with Crippen LogP contribution in [0.15, 0.2) is 16.7 Å². The number of hydrogen-bond donors (Lipinski definition) is 1. The molecular weight excluding hydrogens is 182 g/mol. The standard InChI is InChI=1S/C10H13NO3/c1-2-3-4-10(13)11-8-5-6-14-9(8)7-12/h5-7H,2-4H2,1H3,(H,11,13). The Labute approximate surface area is 82.3 Å². The molecule has 0 aliphatic heterocycles. The van der Waals surface area contributed by atoms with Gasteiger partial charge in [0.05, 0.1) is 12.0 Å². The lowest BCUT2D eigenvalue weighted by Gasteiger charge is -2.01. The normalized spacial score (nSPS) is 9.79. The SMILES string of the molecule is CCCCC(=O)Nc1ccoc1C=O. The second kappa shape index (κ2) is 5.21. The average Bonchev–Trinajstić information content (AvgIpc) is 2.62. The maximum absolute atomic E-state index is 11.3. The van der Waals surface area contributed by atoms with E-state index in [9.17, 15) is 9.59 Å². The van der Waals surface area contributed by atoms with Crippen molar-refractivity contribution >= 4 is 17.9 Å². The van der Waals surface area contributed by atoms with Gasteiger partial charge in [-0.15, -0.1) is 0 Å². The van der Waals surface area contributed by atoms with Crippen LogP contribution < -0.4 is 5.32 Å². The molecule has 1 N–H and O–H groups in total. The number of rotatable bonds is 5. The highest BCUT2D eigenvalue weighted by atomic mass is 16.3. The van der Waals surface area contributed by atoms with Gasteiger partial charge in [-0.1, -0.05) is 13.3 Å². The number of aldehydes is 1. The summed E-state index contributed by atoms with van der Waals surface area (Å²) < 4.78 is 4.84. The lowest BCUT2D eigenvalue weighted by Crippen LogP contribution is -2.11. The minimum Gasteiger partial charge on any atom is -0.459 e. The van der Waals surface area contributed by atoms with Gasteiger partial charge in [-0.25, -0.2) is 0 Å². The lowest BCUT2D eigenvalue weighted by molar-refractivity contribution is -0.116. The van der Waals surface area contributed by atoms with E-state index in [4.69, 9.17) is 4.42 Å². The molecule has 1 heterocycles. The molecule has 76 valence electrons. The third kappa shape index (κ3) is 2.73. The maximum atomic E-state index is 11.3. The fourth-order valence-corrected chi connectivity index (χ4v) is 1.07. The Morgan fingerprint density at radius 2 is 2.43 bits per heavy atom. The fourth-order valence-electron chi connectivity index (χ4n) is 1.07. The number of nitrogens with one attached hydrogen (secondary N) is 1. The second-order valence-electron chi connectivity index (χ2n) is 2.97. The highest BCUT2D eigenvalue weighted by molar-refractivity contribution is 5.94. The van der Waals surface area contributed by atoms with E-state index in [1.54, 1.807) is 6.07 Å². The first-order valence-electron chi connectivity index (χ1n) is 4.60. The monoisotopic (exact) mass is 195 g/mol. The first-order chi connectivity index (χ1) is 6.77. The Hall–Kier alpha value is -1.58. The smallest absolute Gasteiger partial charge is 0.224 e. The van der Waals surface area contributed by atoms with E-state index in [0.29, 0.717) is 18.4 Å². The Morgan fingerprint density at radius 3 is 3.07 bits per heavy atom. The zero-order valence-electron chi connectivity index (χ0n) is 8.08. The van der Waals surface area contributed by atoms with Gasteiger partial charge in [0, 0.05) is 12.5 Å². The van der Waals surface area contributed by atoms with E-state index in [-0.39, 0.29) is 11.7 Å². The zero-order valence-corrected chi connectivity index (χ0v) is 8.08. The predicted molar refractivity (Wildman–Crippen MR) is 52.3 cm³/mol. The molecule has 0 bridgehead atoms. The van der Waals surface area contributed by atoms with Crippen molar-refractivity contribution < 1.29 is 14.0 Å². The van der Waals surface area contributed by atoms with Crippen LogP contribution >= 0.6 is 0 Å². The van der Waals surface area contributed by atoms with E-state index >= 15 is 0 Å². The van der Waals surface area contributed by atoms with E-state index in [2.05, 4.69) is 5.32 Å². The molecule has 0 radical (unpaired) electrons. The van der Waals surface area contributed by atoms with Crippen LogP contribution in [0.2, 0.25) is 0 Å². The van der Waals surface area contributed by atoms with Crippen molar-refractivity contribution in [3.05, 3.63) is 18.1 Å². The number of furan rings is 1. The molecule has 14 heavy (non-hydrogen) atoms. The van der Waals surface area contributed by atoms with Crippen molar-refractivity contribution in [3.8, 4) is 0 Å². The van der Waals surface area contributed by atoms with Crippen LogP contribution in [0.1, 0.15) is 36.7 Å². The number of amides is 1. The number of carbonyl (C=O) groups excluding carboxylic acids is 2. The first kappa shape index (κ1) is 10.5. The Bertz CT molecular complexity index is 317. The van der Waals surface area contributed by atoms with Crippen molar-refractivity contribution in [1.82, 2.24) is 0 Å². The predicted octanol–water partition coefficient (Wildman–Crippen LogP) is 2.22. The molecule has 1 rings (SSSR count). The van der Waals surface area contributed by atoms with E-state index < -0.39 is 0 Å². The van der Waals surface area contributed by atoms with Gasteiger partial charge in [-0.2, -0.15) is 0 Å². The number of unbranched alkanes of at least 4 members (excludes halogenated alkanes) is 1. The van der Waals surface area contributed by atoms with Gasteiger partial charge in [0.1, 0.15) is 0 Å². The van der Waals surface area contributed by atoms with Gasteiger partial charge in [-0.3, -0.25) is 9.59 Å². The number of anilines is 1. The molecule has 0 fully saturated rings. The van der Waals surface area contributed by atoms with Gasteiger partial charge >= 0.3 is 0 Å². The molecule has 4 nitrogen and oxygen atoms in total. The molecule has 0 saturated heterocycles. The third-order valence-electron chi connectivity index (χ3n) is 1.83. The largest absolute Gasteiger partial charge is 0.459 e. The summed E-state index contributed by atoms with van der Waals surface area (Å²) in [6.07, 6.45) is 4.24. The molecule has 0 spiro atoms. The van der Waals surface area contributed by atoms with Crippen LogP contribution in [0.3, 0.4) is 0 Å². The summed E-state index contributed by atoms with van der Waals surface area (Å²) in [6, 6.07) is 1.56. The van der Waals surface area contributed by atoms with Crippen molar-refractivity contribution in [2.45, 2.75) is 26.2 Å². The summed E-state index contributed by atoms with van der Waals surface area (Å²) in [5.74, 6) is 0.0752. The van der Waals surface area contributed by atoms with E-state index in [1.165, 1.54) is 6.26 Å². The summed E-state index contributed by atoms with van der Waals surface area (Å²) in [5, 5.41) is 2.61. The minimum atomic E-state index is -0.0867. The Balaban J connectivity index is 2.51. The molecule has 0 aliphatic rings. The fraction of sp³-hybridized carbons (Fsp3) is 0.400. The minimum absolute atomic E-state index is 0.0867. The Morgan fingerprint density at radius 1 is 1.64 bits per heavy atom. The summed E-state index contributed by atoms with van der Waals surface area (Å²) in [5.41, 5.74) is 0.445. The van der Waals surface area contributed by atoms with Crippen LogP contribution in [0.25, 0.3) is 0 Å². The van der Waals surface area contributed by atoms with Crippen molar-refractivity contribution in [2.75, 3.05) is 5.32 Å². The quantitative estimate of drug-likeness (QED) is 0.733. The van der Waals surface area contributed by atoms with E-state index in [1.807, 2.05) is 6.92 Å². The summed E-state index contributed by atoms with van der Waals surface area (Å²) in [7, 11) is 0. The molecule has 1 aromatic rings. The second-order valence-corrected chi connectivity index (χ2v) is 2.97. The van der Waals surface area contributed by atoms with Gasteiger partial charge in [0.25, 0.3) is 0 Å². The Kier molecular flexibility index (Phi) is 3.91. The highest BCUT2D eigenvalue weighted by Crippen LogP contribution is 2.14. The number of carbonyl (C=O) groups is 2. The van der Waals surface area contributed by atoms with Gasteiger partial charge in [0.2, 0.25) is 5.91 Å². The van der Waals surface area contributed by atoms with E-state index in [0.717, 1.165) is 12.8 Å². The molecule has 0 saturated carbocycles. The molecule has 0 atom stereocenters. The van der Waals surface area contributed by atoms with Gasteiger partial charge in [-0.05, 0) is 6.42 Å². The van der Waals surface area contributed by atoms with Crippen LogP contribution in [-0.4, -0.2) is 12.2 Å². The molecule has 4 heteroatoms. The third-order valence-corrected chi connectivity index (χ3v) is 1.83. The number of hydrogen-bond acceptors (Lipinski definition) is 3. The maximum Gasteiger partial charge on any atom is 0.224 e. The van der Waals surface area contributed by atoms with Crippen LogP contribution in [0.5, 0.6) is 0 Å². The van der Waals surface area contributed by atoms with Crippen molar-refractivity contribution in [3.63, 3.8) is 0 Å². The summed E-state index contributed by atoms with van der Waals surface area (Å²) >= 11 is 0. The van der Waals surface area contributed by atoms with Gasteiger partial charge in [0.15, 0.2) is 12.0 Å².